The minimum Gasteiger partial charge on any atom is -0.338 e. The third-order valence-electron chi connectivity index (χ3n) is 5.24. The second kappa shape index (κ2) is 7.35. The van der Waals surface area contributed by atoms with Crippen LogP contribution in [0.3, 0.4) is 0 Å². The highest BCUT2D eigenvalue weighted by atomic mass is 19.1. The van der Waals surface area contributed by atoms with E-state index in [-0.39, 0.29) is 17.6 Å². The van der Waals surface area contributed by atoms with Gasteiger partial charge in [0, 0.05) is 44.0 Å². The number of hydrogen-bond donors (Lipinski definition) is 0. The van der Waals surface area contributed by atoms with Crippen LogP contribution in [0.4, 0.5) is 4.39 Å². The predicted octanol–water partition coefficient (Wildman–Crippen LogP) is 4.25. The van der Waals surface area contributed by atoms with E-state index in [1.807, 2.05) is 47.0 Å². The molecule has 4 rings (SSSR count). The van der Waals surface area contributed by atoms with E-state index in [9.17, 15) is 9.18 Å². The Morgan fingerprint density at radius 3 is 2.67 bits per heavy atom. The number of rotatable bonds is 3. The van der Waals surface area contributed by atoms with E-state index >= 15 is 0 Å². The number of nitrogens with zero attached hydrogens (tertiary/aromatic N) is 3. The van der Waals surface area contributed by atoms with Gasteiger partial charge in [-0.05, 0) is 42.2 Å². The topological polar surface area (TPSA) is 38.1 Å². The van der Waals surface area contributed by atoms with E-state index in [2.05, 4.69) is 4.98 Å². The molecule has 1 aromatic heterocycles. The summed E-state index contributed by atoms with van der Waals surface area (Å²) in [6.07, 6.45) is 5.75. The molecule has 3 aromatic rings. The second-order valence-electron chi connectivity index (χ2n) is 7.04. The van der Waals surface area contributed by atoms with Crippen molar-refractivity contribution in [2.24, 2.45) is 7.05 Å². The van der Waals surface area contributed by atoms with Crippen LogP contribution in [0.1, 0.15) is 34.9 Å². The van der Waals surface area contributed by atoms with Crippen molar-refractivity contribution in [1.82, 2.24) is 14.5 Å². The van der Waals surface area contributed by atoms with Crippen LogP contribution in [0, 0.1) is 5.82 Å². The van der Waals surface area contributed by atoms with Crippen LogP contribution in [0.15, 0.2) is 60.9 Å². The highest BCUT2D eigenvalue weighted by Gasteiger charge is 2.28. The van der Waals surface area contributed by atoms with Crippen LogP contribution in [0.5, 0.6) is 0 Å². The summed E-state index contributed by atoms with van der Waals surface area (Å²) in [6, 6.07) is 13.8. The monoisotopic (exact) mass is 363 g/mol. The molecule has 0 saturated carbocycles. The van der Waals surface area contributed by atoms with Gasteiger partial charge in [0.05, 0.1) is 0 Å². The lowest BCUT2D eigenvalue weighted by atomic mass is 9.94. The summed E-state index contributed by atoms with van der Waals surface area (Å²) in [5, 5.41) is 0. The molecule has 0 spiro atoms. The highest BCUT2D eigenvalue weighted by molar-refractivity contribution is 6.01. The molecule has 1 atom stereocenters. The zero-order valence-electron chi connectivity index (χ0n) is 15.3. The molecule has 1 amide bonds. The molecule has 1 aliphatic rings. The van der Waals surface area contributed by atoms with Crippen LogP contribution >= 0.6 is 0 Å². The van der Waals surface area contributed by atoms with Gasteiger partial charge in [-0.2, -0.15) is 0 Å². The first-order chi connectivity index (χ1) is 13.1. The first kappa shape index (κ1) is 17.5. The summed E-state index contributed by atoms with van der Waals surface area (Å²) in [7, 11) is 1.99. The third-order valence-corrected chi connectivity index (χ3v) is 5.24. The lowest BCUT2D eigenvalue weighted by molar-refractivity contribution is 0.0704. The lowest BCUT2D eigenvalue weighted by Crippen LogP contribution is -2.39. The molecule has 1 saturated heterocycles. The Bertz CT molecular complexity index is 948. The molecular formula is C22H22FN3O. The SMILES string of the molecule is Cn1ccnc1[C@H]1CCCN(C(=O)c2ccccc2-c2ccc(F)cc2)C1. The number of halogens is 1. The molecule has 0 aliphatic carbocycles. The fraction of sp³-hybridized carbons (Fsp3) is 0.273. The van der Waals surface area contributed by atoms with Crippen molar-refractivity contribution < 1.29 is 9.18 Å². The van der Waals surface area contributed by atoms with E-state index in [0.29, 0.717) is 12.1 Å². The first-order valence-corrected chi connectivity index (χ1v) is 9.25. The van der Waals surface area contributed by atoms with Gasteiger partial charge in [0.25, 0.3) is 5.91 Å². The van der Waals surface area contributed by atoms with Crippen LogP contribution in [0.25, 0.3) is 11.1 Å². The smallest absolute Gasteiger partial charge is 0.254 e. The number of benzene rings is 2. The lowest BCUT2D eigenvalue weighted by Gasteiger charge is -2.33. The van der Waals surface area contributed by atoms with Crippen molar-refractivity contribution in [3.05, 3.63) is 78.1 Å². The van der Waals surface area contributed by atoms with Gasteiger partial charge >= 0.3 is 0 Å². The van der Waals surface area contributed by atoms with E-state index in [1.165, 1.54) is 12.1 Å². The molecule has 2 aromatic carbocycles. The Morgan fingerprint density at radius 1 is 1.15 bits per heavy atom. The molecule has 5 heteroatoms. The van der Waals surface area contributed by atoms with Crippen LogP contribution in [-0.2, 0) is 7.05 Å². The Labute approximate surface area is 158 Å². The maximum atomic E-state index is 13.3. The van der Waals surface area contributed by atoms with Crippen molar-refractivity contribution in [3.8, 4) is 11.1 Å². The number of imidazole rings is 1. The molecule has 2 heterocycles. The van der Waals surface area contributed by atoms with Crippen molar-refractivity contribution in [1.29, 1.82) is 0 Å². The van der Waals surface area contributed by atoms with E-state index < -0.39 is 0 Å². The summed E-state index contributed by atoms with van der Waals surface area (Å²) in [5.74, 6) is 1.02. The Morgan fingerprint density at radius 2 is 1.93 bits per heavy atom. The summed E-state index contributed by atoms with van der Waals surface area (Å²) >= 11 is 0. The molecule has 0 radical (unpaired) electrons. The molecule has 1 fully saturated rings. The summed E-state index contributed by atoms with van der Waals surface area (Å²) in [4.78, 5) is 19.7. The zero-order valence-corrected chi connectivity index (χ0v) is 15.3. The van der Waals surface area contributed by atoms with E-state index in [1.54, 1.807) is 18.3 Å². The fourth-order valence-electron chi connectivity index (χ4n) is 3.86. The molecule has 138 valence electrons. The van der Waals surface area contributed by atoms with Crippen molar-refractivity contribution in [2.45, 2.75) is 18.8 Å². The molecule has 27 heavy (non-hydrogen) atoms. The quantitative estimate of drug-likeness (QED) is 0.698. The van der Waals surface area contributed by atoms with Crippen LogP contribution < -0.4 is 0 Å². The van der Waals surface area contributed by atoms with Crippen molar-refractivity contribution in [2.75, 3.05) is 13.1 Å². The summed E-state index contributed by atoms with van der Waals surface area (Å²) in [6.45, 7) is 1.42. The third kappa shape index (κ3) is 3.50. The average Bonchev–Trinajstić information content (AvgIpc) is 3.14. The predicted molar refractivity (Wildman–Crippen MR) is 103 cm³/mol. The summed E-state index contributed by atoms with van der Waals surface area (Å²) < 4.78 is 15.3. The molecule has 0 N–H and O–H groups in total. The van der Waals surface area contributed by atoms with E-state index in [4.69, 9.17) is 0 Å². The van der Waals surface area contributed by atoms with Crippen molar-refractivity contribution in [3.63, 3.8) is 0 Å². The van der Waals surface area contributed by atoms with Crippen molar-refractivity contribution >= 4 is 5.91 Å². The normalized spacial score (nSPS) is 17.1. The average molecular weight is 363 g/mol. The highest BCUT2D eigenvalue weighted by Crippen LogP contribution is 2.29. The van der Waals surface area contributed by atoms with Gasteiger partial charge in [0.15, 0.2) is 0 Å². The standard InChI is InChI=1S/C22H22FN3O/c1-25-14-12-24-21(25)17-5-4-13-26(15-17)22(27)20-7-3-2-6-19(20)16-8-10-18(23)11-9-16/h2-3,6-12,14,17H,4-5,13,15H2,1H3/t17-/m0/s1. The first-order valence-electron chi connectivity index (χ1n) is 9.25. The molecule has 0 bridgehead atoms. The van der Waals surface area contributed by atoms with Gasteiger partial charge in [0.1, 0.15) is 11.6 Å². The molecule has 1 aliphatic heterocycles. The van der Waals surface area contributed by atoms with Gasteiger partial charge in [-0.25, -0.2) is 9.37 Å². The van der Waals surface area contributed by atoms with Crippen LogP contribution in [0.2, 0.25) is 0 Å². The maximum absolute atomic E-state index is 13.3. The van der Waals surface area contributed by atoms with Crippen LogP contribution in [-0.4, -0.2) is 33.4 Å². The summed E-state index contributed by atoms with van der Waals surface area (Å²) in [5.41, 5.74) is 2.34. The molecule has 0 unspecified atom stereocenters. The number of aromatic nitrogens is 2. The van der Waals surface area contributed by atoms with Gasteiger partial charge < -0.3 is 9.47 Å². The largest absolute Gasteiger partial charge is 0.338 e. The Balaban J connectivity index is 1.61. The number of amides is 1. The van der Waals surface area contributed by atoms with Gasteiger partial charge in [0.2, 0.25) is 0 Å². The Hall–Kier alpha value is -2.95. The number of likely N-dealkylation sites (tertiary alicyclic amines) is 1. The fourth-order valence-corrected chi connectivity index (χ4v) is 3.86. The second-order valence-corrected chi connectivity index (χ2v) is 7.04. The number of hydrogen-bond acceptors (Lipinski definition) is 2. The number of carbonyl (C=O) groups is 1. The minimum absolute atomic E-state index is 0.0221. The molecular weight excluding hydrogens is 341 g/mol. The minimum atomic E-state index is -0.281. The maximum Gasteiger partial charge on any atom is 0.254 e. The van der Waals surface area contributed by atoms with Gasteiger partial charge in [-0.15, -0.1) is 0 Å². The number of piperidine rings is 1. The van der Waals surface area contributed by atoms with Gasteiger partial charge in [-0.3, -0.25) is 4.79 Å². The zero-order chi connectivity index (χ0) is 18.8. The van der Waals surface area contributed by atoms with E-state index in [0.717, 1.165) is 36.3 Å². The van der Waals surface area contributed by atoms with Gasteiger partial charge in [-0.1, -0.05) is 30.3 Å². The number of aryl methyl sites for hydroxylation is 1. The Kier molecular flexibility index (Phi) is 4.75. The molecule has 4 nitrogen and oxygen atoms in total. The number of carbonyl (C=O) groups excluding carboxylic acids is 1.